The predicted octanol–water partition coefficient (Wildman–Crippen LogP) is 4.10. The third-order valence-corrected chi connectivity index (χ3v) is 5.62. The Kier molecular flexibility index (Phi) is 6.03. The van der Waals surface area contributed by atoms with E-state index in [0.29, 0.717) is 18.1 Å². The van der Waals surface area contributed by atoms with Crippen molar-refractivity contribution in [1.82, 2.24) is 9.88 Å². The molecule has 2 aromatic rings. The van der Waals surface area contributed by atoms with Crippen LogP contribution in [-0.4, -0.2) is 47.1 Å². The molecule has 2 amide bonds. The molecule has 1 atom stereocenters. The number of hydrogen-bond donors (Lipinski definition) is 0. The summed E-state index contributed by atoms with van der Waals surface area (Å²) in [5.41, 5.74) is 0.624. The zero-order valence-electron chi connectivity index (χ0n) is 16.8. The van der Waals surface area contributed by atoms with Gasteiger partial charge in [0.25, 0.3) is 5.91 Å². The number of aromatic nitrogens is 1. The minimum atomic E-state index is -0.583. The van der Waals surface area contributed by atoms with Gasteiger partial charge in [0.05, 0.1) is 0 Å². The average Bonchev–Trinajstić information content (AvgIpc) is 3.29. The highest BCUT2D eigenvalue weighted by Gasteiger charge is 2.38. The topological polar surface area (TPSA) is 62.7 Å². The minimum absolute atomic E-state index is 0.121. The molecular formula is C21H27N3O3S. The van der Waals surface area contributed by atoms with Gasteiger partial charge in [-0.1, -0.05) is 30.3 Å². The molecule has 1 aromatic carbocycles. The quantitative estimate of drug-likeness (QED) is 0.774. The summed E-state index contributed by atoms with van der Waals surface area (Å²) in [4.78, 5) is 34.1. The summed E-state index contributed by atoms with van der Waals surface area (Å²) in [6.45, 7) is 6.02. The molecule has 0 bridgehead atoms. The number of benzene rings is 1. The molecule has 1 aliphatic rings. The summed E-state index contributed by atoms with van der Waals surface area (Å²) in [6, 6.07) is 9.67. The van der Waals surface area contributed by atoms with Crippen molar-refractivity contribution in [3.63, 3.8) is 0 Å². The van der Waals surface area contributed by atoms with Gasteiger partial charge in [-0.05, 0) is 39.2 Å². The largest absolute Gasteiger partial charge is 0.444 e. The maximum atomic E-state index is 13.0. The maximum Gasteiger partial charge on any atom is 0.410 e. The molecule has 0 radical (unpaired) electrons. The monoisotopic (exact) mass is 401 g/mol. The zero-order chi connectivity index (χ0) is 20.3. The van der Waals surface area contributed by atoms with Crippen LogP contribution < -0.4 is 4.90 Å². The Bertz CT molecular complexity index is 829. The second kappa shape index (κ2) is 8.31. The molecule has 0 unspecified atom stereocenters. The highest BCUT2D eigenvalue weighted by molar-refractivity contribution is 7.15. The molecule has 1 fully saturated rings. The van der Waals surface area contributed by atoms with Gasteiger partial charge < -0.3 is 4.74 Å². The smallest absolute Gasteiger partial charge is 0.410 e. The van der Waals surface area contributed by atoms with Crippen LogP contribution in [0.2, 0.25) is 0 Å². The Balaban J connectivity index is 1.67. The zero-order valence-corrected chi connectivity index (χ0v) is 17.7. The fourth-order valence-corrected chi connectivity index (χ4v) is 4.12. The first kappa shape index (κ1) is 20.3. The summed E-state index contributed by atoms with van der Waals surface area (Å²) in [6.07, 6.45) is 3.61. The Hall–Kier alpha value is -2.41. The number of anilines is 1. The minimum Gasteiger partial charge on any atom is -0.444 e. The van der Waals surface area contributed by atoms with E-state index in [-0.39, 0.29) is 5.91 Å². The van der Waals surface area contributed by atoms with Gasteiger partial charge in [0.2, 0.25) is 0 Å². The van der Waals surface area contributed by atoms with Crippen molar-refractivity contribution in [2.75, 3.05) is 18.5 Å². The molecule has 2 heterocycles. The van der Waals surface area contributed by atoms with E-state index in [4.69, 9.17) is 4.74 Å². The standard InChI is InChI=1S/C21H27N3O3S/c1-21(2,3)27-20(26)24-12-8-11-17(24)18(25)23(4)19-22-14-16(28-19)13-15-9-6-5-7-10-15/h5-7,9-10,14,17H,8,11-13H2,1-4H3/t17-/m0/s1. The highest BCUT2D eigenvalue weighted by Crippen LogP contribution is 2.27. The molecule has 0 spiro atoms. The third-order valence-electron chi connectivity index (χ3n) is 4.55. The van der Waals surface area contributed by atoms with Crippen LogP contribution in [0.25, 0.3) is 0 Å². The van der Waals surface area contributed by atoms with Crippen LogP contribution in [-0.2, 0) is 16.0 Å². The second-order valence-electron chi connectivity index (χ2n) is 8.00. The molecule has 1 saturated heterocycles. The van der Waals surface area contributed by atoms with Crippen molar-refractivity contribution >= 4 is 28.5 Å². The molecule has 6 nitrogen and oxygen atoms in total. The van der Waals surface area contributed by atoms with Crippen LogP contribution in [0.4, 0.5) is 9.93 Å². The molecule has 0 aliphatic carbocycles. The number of ether oxygens (including phenoxy) is 1. The molecule has 7 heteroatoms. The first-order chi connectivity index (χ1) is 13.2. The Labute approximate surface area is 170 Å². The van der Waals surface area contributed by atoms with E-state index in [0.717, 1.165) is 17.7 Å². The fourth-order valence-electron chi connectivity index (χ4n) is 3.21. The van der Waals surface area contributed by atoms with Gasteiger partial charge in [0.1, 0.15) is 11.6 Å². The highest BCUT2D eigenvalue weighted by atomic mass is 32.1. The second-order valence-corrected chi connectivity index (χ2v) is 9.09. The molecular weight excluding hydrogens is 374 g/mol. The molecule has 0 N–H and O–H groups in total. The summed E-state index contributed by atoms with van der Waals surface area (Å²) in [5.74, 6) is -0.121. The lowest BCUT2D eigenvalue weighted by molar-refractivity contribution is -0.122. The number of amides is 2. The van der Waals surface area contributed by atoms with E-state index in [9.17, 15) is 9.59 Å². The van der Waals surface area contributed by atoms with Gasteiger partial charge in [-0.2, -0.15) is 0 Å². The van der Waals surface area contributed by atoms with E-state index in [2.05, 4.69) is 17.1 Å². The summed E-state index contributed by atoms with van der Waals surface area (Å²) in [5, 5.41) is 0.645. The van der Waals surface area contributed by atoms with Crippen molar-refractivity contribution in [3.05, 3.63) is 47.0 Å². The van der Waals surface area contributed by atoms with Crippen LogP contribution in [0, 0.1) is 0 Å². The molecule has 3 rings (SSSR count). The molecule has 150 valence electrons. The molecule has 0 saturated carbocycles. The SMILES string of the molecule is CN(C(=O)[C@@H]1CCCN1C(=O)OC(C)(C)C)c1ncc(Cc2ccccc2)s1. The van der Waals surface area contributed by atoms with E-state index >= 15 is 0 Å². The maximum absolute atomic E-state index is 13.0. The van der Waals surface area contributed by atoms with E-state index in [1.54, 1.807) is 16.8 Å². The number of likely N-dealkylation sites (N-methyl/N-ethyl adjacent to an activating group) is 1. The lowest BCUT2D eigenvalue weighted by atomic mass is 10.1. The van der Waals surface area contributed by atoms with E-state index in [1.165, 1.54) is 16.9 Å². The lowest BCUT2D eigenvalue weighted by Crippen LogP contribution is -2.48. The molecule has 1 aliphatic heterocycles. The normalized spacial score (nSPS) is 16.9. The number of thiazole rings is 1. The lowest BCUT2D eigenvalue weighted by Gasteiger charge is -2.29. The number of hydrogen-bond acceptors (Lipinski definition) is 5. The van der Waals surface area contributed by atoms with Gasteiger partial charge in [0.15, 0.2) is 5.13 Å². The Morgan fingerprint density at radius 1 is 1.29 bits per heavy atom. The van der Waals surface area contributed by atoms with E-state index in [1.807, 2.05) is 45.2 Å². The van der Waals surface area contributed by atoms with Gasteiger partial charge in [-0.15, -0.1) is 11.3 Å². The average molecular weight is 402 g/mol. The van der Waals surface area contributed by atoms with Crippen LogP contribution >= 0.6 is 11.3 Å². The van der Waals surface area contributed by atoms with Crippen LogP contribution in [0.3, 0.4) is 0 Å². The van der Waals surface area contributed by atoms with Gasteiger partial charge in [-0.3, -0.25) is 14.6 Å². The Morgan fingerprint density at radius 3 is 2.68 bits per heavy atom. The number of nitrogens with zero attached hydrogens (tertiary/aromatic N) is 3. The number of carbonyl (C=O) groups excluding carboxylic acids is 2. The number of rotatable bonds is 4. The number of likely N-dealkylation sites (tertiary alicyclic amines) is 1. The van der Waals surface area contributed by atoms with Crippen molar-refractivity contribution in [3.8, 4) is 0 Å². The summed E-state index contributed by atoms with van der Waals surface area (Å²) < 4.78 is 5.46. The Morgan fingerprint density at radius 2 is 2.00 bits per heavy atom. The van der Waals surface area contributed by atoms with Crippen molar-refractivity contribution in [1.29, 1.82) is 0 Å². The third kappa shape index (κ3) is 4.90. The van der Waals surface area contributed by atoms with Gasteiger partial charge in [0, 0.05) is 31.1 Å². The van der Waals surface area contributed by atoms with Crippen molar-refractivity contribution < 1.29 is 14.3 Å². The van der Waals surface area contributed by atoms with Gasteiger partial charge in [-0.25, -0.2) is 9.78 Å². The van der Waals surface area contributed by atoms with Gasteiger partial charge >= 0.3 is 6.09 Å². The van der Waals surface area contributed by atoms with E-state index < -0.39 is 17.7 Å². The predicted molar refractivity (Wildman–Crippen MR) is 111 cm³/mol. The molecule has 28 heavy (non-hydrogen) atoms. The number of carbonyl (C=O) groups is 2. The van der Waals surface area contributed by atoms with Crippen LogP contribution in [0.15, 0.2) is 36.5 Å². The van der Waals surface area contributed by atoms with Crippen LogP contribution in [0.5, 0.6) is 0 Å². The fraction of sp³-hybridized carbons (Fsp3) is 0.476. The summed E-state index contributed by atoms with van der Waals surface area (Å²) in [7, 11) is 1.72. The molecule has 1 aromatic heterocycles. The summed E-state index contributed by atoms with van der Waals surface area (Å²) >= 11 is 1.50. The van der Waals surface area contributed by atoms with Crippen molar-refractivity contribution in [2.45, 2.75) is 51.7 Å². The first-order valence-corrected chi connectivity index (χ1v) is 10.3. The van der Waals surface area contributed by atoms with Crippen LogP contribution in [0.1, 0.15) is 44.1 Å². The first-order valence-electron chi connectivity index (χ1n) is 9.50. The van der Waals surface area contributed by atoms with Crippen molar-refractivity contribution in [2.24, 2.45) is 0 Å².